The number of rotatable bonds is 1. The number of aliphatic hydroxyl groups is 1. The normalized spacial score (nSPS) is 28.4. The molecule has 0 aromatic heterocycles. The van der Waals surface area contributed by atoms with Gasteiger partial charge < -0.3 is 5.11 Å². The van der Waals surface area contributed by atoms with Gasteiger partial charge in [-0.3, -0.25) is 0 Å². The van der Waals surface area contributed by atoms with Crippen LogP contribution in [0.4, 0.5) is 0 Å². The molecule has 0 spiro atoms. The maximum atomic E-state index is 9.87. The van der Waals surface area contributed by atoms with E-state index in [-0.39, 0.29) is 8.83 Å². The maximum Gasteiger partial charge on any atom is 0.0807 e. The summed E-state index contributed by atoms with van der Waals surface area (Å²) in [4.78, 5) is 0. The average molecular weight is 286 g/mol. The molecule has 0 unspecified atom stereocenters. The van der Waals surface area contributed by atoms with Gasteiger partial charge in [-0.15, -0.1) is 0 Å². The highest BCUT2D eigenvalue weighted by Gasteiger charge is 2.37. The van der Waals surface area contributed by atoms with Crippen LogP contribution in [-0.2, 0) is 0 Å². The Bertz CT molecular complexity index is 135. The first-order valence-corrected chi connectivity index (χ1v) is 5.66. The van der Waals surface area contributed by atoms with Crippen LogP contribution in [0, 0.1) is 0 Å². The van der Waals surface area contributed by atoms with Crippen LogP contribution in [0.25, 0.3) is 0 Å². The van der Waals surface area contributed by atoms with Crippen LogP contribution >= 0.6 is 31.9 Å². The van der Waals surface area contributed by atoms with Crippen LogP contribution in [0.5, 0.6) is 0 Å². The highest BCUT2D eigenvalue weighted by molar-refractivity contribution is 9.25. The molecule has 1 aliphatic rings. The molecule has 0 saturated heterocycles. The fraction of sp³-hybridized carbons (Fsp3) is 1.00. The zero-order chi connectivity index (χ0) is 8.54. The van der Waals surface area contributed by atoms with Gasteiger partial charge in [-0.25, -0.2) is 0 Å². The van der Waals surface area contributed by atoms with Crippen LogP contribution in [0.2, 0.25) is 0 Å². The first-order chi connectivity index (χ1) is 4.97. The largest absolute Gasteiger partial charge is 0.390 e. The van der Waals surface area contributed by atoms with Gasteiger partial charge in [0.05, 0.1) is 8.83 Å². The lowest BCUT2D eigenvalue weighted by Crippen LogP contribution is -2.36. The molecule has 0 aromatic carbocycles. The van der Waals surface area contributed by atoms with Crippen LogP contribution < -0.4 is 0 Å². The van der Waals surface area contributed by atoms with Crippen LogP contribution in [-0.4, -0.2) is 13.9 Å². The van der Waals surface area contributed by atoms with Crippen molar-refractivity contribution in [1.29, 1.82) is 0 Å². The first-order valence-electron chi connectivity index (χ1n) is 4.08. The molecule has 66 valence electrons. The predicted octanol–water partition coefficient (Wildman–Crippen LogP) is 3.19. The van der Waals surface area contributed by atoms with Crippen molar-refractivity contribution < 1.29 is 5.11 Å². The van der Waals surface area contributed by atoms with E-state index in [1.807, 2.05) is 0 Å². The molecule has 0 bridgehead atoms. The molecule has 1 N–H and O–H groups in total. The van der Waals surface area contributed by atoms with Crippen molar-refractivity contribution in [2.45, 2.75) is 47.9 Å². The maximum absolute atomic E-state index is 9.87. The van der Waals surface area contributed by atoms with E-state index in [2.05, 4.69) is 38.8 Å². The second-order valence-corrected chi connectivity index (χ2v) is 7.53. The standard InChI is InChI=1S/C8H14Br2O/c1-2-7(11)3-5-8(9,10)6-4-7/h11H,2-6H2,1H3. The molecule has 0 amide bonds. The summed E-state index contributed by atoms with van der Waals surface area (Å²) >= 11 is 7.16. The molecule has 1 saturated carbocycles. The van der Waals surface area contributed by atoms with E-state index in [0.717, 1.165) is 32.1 Å². The Kier molecular flexibility index (Phi) is 3.04. The van der Waals surface area contributed by atoms with E-state index in [1.54, 1.807) is 0 Å². The van der Waals surface area contributed by atoms with Crippen molar-refractivity contribution in [3.63, 3.8) is 0 Å². The van der Waals surface area contributed by atoms with Gasteiger partial charge in [0.15, 0.2) is 0 Å². The predicted molar refractivity (Wildman–Crippen MR) is 54.3 cm³/mol. The average Bonchev–Trinajstić information content (AvgIpc) is 1.97. The Morgan fingerprint density at radius 1 is 1.18 bits per heavy atom. The van der Waals surface area contributed by atoms with Gasteiger partial charge in [-0.2, -0.15) is 0 Å². The minimum atomic E-state index is -0.384. The molecular weight excluding hydrogens is 272 g/mol. The summed E-state index contributed by atoms with van der Waals surface area (Å²) in [5.74, 6) is 0. The Labute approximate surface area is 84.8 Å². The summed E-state index contributed by atoms with van der Waals surface area (Å²) in [6.45, 7) is 2.05. The summed E-state index contributed by atoms with van der Waals surface area (Å²) in [5, 5.41) is 9.87. The lowest BCUT2D eigenvalue weighted by molar-refractivity contribution is 0.000712. The Morgan fingerprint density at radius 2 is 1.64 bits per heavy atom. The van der Waals surface area contributed by atoms with Gasteiger partial charge in [0.1, 0.15) is 0 Å². The third kappa shape index (κ3) is 2.71. The Balaban J connectivity index is 2.48. The van der Waals surface area contributed by atoms with Gasteiger partial charge >= 0.3 is 0 Å². The van der Waals surface area contributed by atoms with E-state index in [9.17, 15) is 5.11 Å². The lowest BCUT2D eigenvalue weighted by atomic mass is 9.83. The lowest BCUT2D eigenvalue weighted by Gasteiger charge is -2.37. The number of halogens is 2. The molecule has 0 aliphatic heterocycles. The van der Waals surface area contributed by atoms with Gasteiger partial charge in [-0.05, 0) is 32.1 Å². The fourth-order valence-corrected chi connectivity index (χ4v) is 2.23. The monoisotopic (exact) mass is 284 g/mol. The second-order valence-electron chi connectivity index (χ2n) is 3.43. The summed E-state index contributed by atoms with van der Waals surface area (Å²) in [6.07, 6.45) is 4.71. The smallest absolute Gasteiger partial charge is 0.0807 e. The molecule has 1 aliphatic carbocycles. The number of alkyl halides is 2. The van der Waals surface area contributed by atoms with Gasteiger partial charge in [-0.1, -0.05) is 38.8 Å². The minimum absolute atomic E-state index is 0.0986. The molecule has 1 fully saturated rings. The number of hydrogen-bond donors (Lipinski definition) is 1. The molecule has 0 atom stereocenters. The third-order valence-electron chi connectivity index (χ3n) is 2.57. The summed E-state index contributed by atoms with van der Waals surface area (Å²) in [6, 6.07) is 0. The van der Waals surface area contributed by atoms with E-state index >= 15 is 0 Å². The van der Waals surface area contributed by atoms with Gasteiger partial charge in [0.2, 0.25) is 0 Å². The zero-order valence-electron chi connectivity index (χ0n) is 6.74. The molecule has 3 heteroatoms. The van der Waals surface area contributed by atoms with Crippen molar-refractivity contribution in [3.8, 4) is 0 Å². The van der Waals surface area contributed by atoms with Crippen molar-refractivity contribution in [2.75, 3.05) is 0 Å². The van der Waals surface area contributed by atoms with Crippen LogP contribution in [0.1, 0.15) is 39.0 Å². The van der Waals surface area contributed by atoms with Crippen molar-refractivity contribution >= 4 is 31.9 Å². The molecule has 1 nitrogen and oxygen atoms in total. The third-order valence-corrected chi connectivity index (χ3v) is 4.16. The van der Waals surface area contributed by atoms with Gasteiger partial charge in [0, 0.05) is 0 Å². The van der Waals surface area contributed by atoms with E-state index in [4.69, 9.17) is 0 Å². The molecule has 0 heterocycles. The SMILES string of the molecule is CCC1(O)CCC(Br)(Br)CC1. The van der Waals surface area contributed by atoms with Gasteiger partial charge in [0.25, 0.3) is 0 Å². The first kappa shape index (κ1) is 10.0. The van der Waals surface area contributed by atoms with Crippen LogP contribution in [0.3, 0.4) is 0 Å². The molecule has 0 aromatic rings. The molecule has 1 rings (SSSR count). The summed E-state index contributed by atoms with van der Waals surface area (Å²) < 4.78 is 0.0986. The molecular formula is C8H14Br2O. The molecule has 0 radical (unpaired) electrons. The van der Waals surface area contributed by atoms with E-state index in [0.29, 0.717) is 0 Å². The fourth-order valence-electron chi connectivity index (χ4n) is 1.43. The minimum Gasteiger partial charge on any atom is -0.390 e. The summed E-state index contributed by atoms with van der Waals surface area (Å²) in [5.41, 5.74) is -0.384. The summed E-state index contributed by atoms with van der Waals surface area (Å²) in [7, 11) is 0. The Morgan fingerprint density at radius 3 is 2.00 bits per heavy atom. The number of hydrogen-bond acceptors (Lipinski definition) is 1. The quantitative estimate of drug-likeness (QED) is 0.734. The highest BCUT2D eigenvalue weighted by Crippen LogP contribution is 2.45. The highest BCUT2D eigenvalue weighted by atomic mass is 79.9. The second kappa shape index (κ2) is 3.35. The van der Waals surface area contributed by atoms with E-state index in [1.165, 1.54) is 0 Å². The topological polar surface area (TPSA) is 20.2 Å². The molecule has 11 heavy (non-hydrogen) atoms. The van der Waals surface area contributed by atoms with Crippen LogP contribution in [0.15, 0.2) is 0 Å². The van der Waals surface area contributed by atoms with Crippen molar-refractivity contribution in [1.82, 2.24) is 0 Å². The Hall–Kier alpha value is 0.920. The zero-order valence-corrected chi connectivity index (χ0v) is 9.91. The van der Waals surface area contributed by atoms with E-state index < -0.39 is 0 Å². The van der Waals surface area contributed by atoms with Crippen molar-refractivity contribution in [2.24, 2.45) is 0 Å². The van der Waals surface area contributed by atoms with Crippen molar-refractivity contribution in [3.05, 3.63) is 0 Å².